The lowest BCUT2D eigenvalue weighted by atomic mass is 9.99. The second kappa shape index (κ2) is 8.12. The van der Waals surface area contributed by atoms with Crippen molar-refractivity contribution in [3.8, 4) is 0 Å². The van der Waals surface area contributed by atoms with Gasteiger partial charge in [0, 0.05) is 16.3 Å². The molecule has 4 rings (SSSR count). The fraction of sp³-hybridized carbons (Fsp3) is 0.0870. The van der Waals surface area contributed by atoms with Gasteiger partial charge in [0.25, 0.3) is 11.7 Å². The molecule has 8 heteroatoms. The first kappa shape index (κ1) is 20.4. The average molecular weight is 438 g/mol. The molecule has 2 heterocycles. The van der Waals surface area contributed by atoms with Gasteiger partial charge in [0.05, 0.1) is 18.3 Å². The number of carbonyl (C=O) groups excluding carboxylic acids is 2. The molecule has 156 valence electrons. The van der Waals surface area contributed by atoms with Gasteiger partial charge in [-0.3, -0.25) is 19.3 Å². The molecular weight excluding hydrogens is 422 g/mol. The topological polar surface area (TPSA) is 108 Å². The molecule has 1 amide bonds. The Morgan fingerprint density at radius 1 is 1.03 bits per heavy atom. The first-order chi connectivity index (χ1) is 14.9. The van der Waals surface area contributed by atoms with Crippen LogP contribution in [-0.2, 0) is 20.8 Å². The second-order valence-electron chi connectivity index (χ2n) is 6.93. The highest BCUT2D eigenvalue weighted by Gasteiger charge is 2.48. The Hall–Kier alpha value is -3.84. The van der Waals surface area contributed by atoms with Crippen molar-refractivity contribution < 1.29 is 29.0 Å². The summed E-state index contributed by atoms with van der Waals surface area (Å²) in [5.74, 6) is -2.76. The summed E-state index contributed by atoms with van der Waals surface area (Å²) in [5.41, 5.74) is 1.07. The summed E-state index contributed by atoms with van der Waals surface area (Å²) in [7, 11) is 0. The van der Waals surface area contributed by atoms with Gasteiger partial charge in [0.2, 0.25) is 0 Å². The van der Waals surface area contributed by atoms with E-state index in [1.807, 2.05) is 0 Å². The fourth-order valence-corrected chi connectivity index (χ4v) is 3.75. The minimum atomic E-state index is -1.00. The molecule has 0 radical (unpaired) electrons. The van der Waals surface area contributed by atoms with Crippen molar-refractivity contribution in [1.82, 2.24) is 0 Å². The molecule has 2 N–H and O–H groups in total. The summed E-state index contributed by atoms with van der Waals surface area (Å²) < 4.78 is 5.49. The number of benzene rings is 2. The highest BCUT2D eigenvalue weighted by molar-refractivity contribution is 6.51. The minimum absolute atomic E-state index is 0.128. The summed E-state index contributed by atoms with van der Waals surface area (Å²) >= 11 is 6.02. The van der Waals surface area contributed by atoms with Crippen LogP contribution in [0.3, 0.4) is 0 Å². The number of halogens is 1. The Kier molecular flexibility index (Phi) is 5.35. The third-order valence-corrected chi connectivity index (χ3v) is 5.16. The van der Waals surface area contributed by atoms with E-state index in [9.17, 15) is 19.5 Å². The largest absolute Gasteiger partial charge is 0.507 e. The quantitative estimate of drug-likeness (QED) is 0.352. The molecule has 2 aromatic carbocycles. The van der Waals surface area contributed by atoms with Gasteiger partial charge in [-0.15, -0.1) is 0 Å². The maximum absolute atomic E-state index is 13.0. The Labute approximate surface area is 181 Å². The summed E-state index contributed by atoms with van der Waals surface area (Å²) in [6, 6.07) is 14.8. The highest BCUT2D eigenvalue weighted by Crippen LogP contribution is 2.42. The van der Waals surface area contributed by atoms with Crippen molar-refractivity contribution in [3.63, 3.8) is 0 Å². The van der Waals surface area contributed by atoms with E-state index in [1.165, 1.54) is 17.2 Å². The molecule has 31 heavy (non-hydrogen) atoms. The van der Waals surface area contributed by atoms with Crippen LogP contribution in [0.5, 0.6) is 0 Å². The van der Waals surface area contributed by atoms with Crippen molar-refractivity contribution in [2.45, 2.75) is 12.5 Å². The Morgan fingerprint density at radius 2 is 1.77 bits per heavy atom. The minimum Gasteiger partial charge on any atom is -0.507 e. The van der Waals surface area contributed by atoms with Gasteiger partial charge in [-0.25, -0.2) is 0 Å². The standard InChI is InChI=1S/C23H16ClNO6/c24-15-4-1-3-14(12-15)21(28)19-20(17-5-2-10-31-17)25(23(30)22(19)29)16-8-6-13(7-9-16)11-18(26)27/h1-10,12,20,28H,11H2,(H,26,27)/b21-19-. The first-order valence-corrected chi connectivity index (χ1v) is 9.65. The SMILES string of the molecule is O=C(O)Cc1ccc(N2C(=O)C(=O)/C(=C(\O)c3cccc(Cl)c3)C2c2ccco2)cc1. The van der Waals surface area contributed by atoms with Gasteiger partial charge in [-0.2, -0.15) is 0 Å². The van der Waals surface area contributed by atoms with Crippen molar-refractivity contribution in [2.75, 3.05) is 4.90 Å². The average Bonchev–Trinajstić information content (AvgIpc) is 3.35. The zero-order valence-corrected chi connectivity index (χ0v) is 16.7. The number of aliphatic carboxylic acids is 1. The number of hydrogen-bond acceptors (Lipinski definition) is 5. The lowest BCUT2D eigenvalue weighted by Crippen LogP contribution is -2.29. The lowest BCUT2D eigenvalue weighted by Gasteiger charge is -2.23. The van der Waals surface area contributed by atoms with Crippen LogP contribution in [-0.4, -0.2) is 27.9 Å². The van der Waals surface area contributed by atoms with E-state index in [-0.39, 0.29) is 23.5 Å². The molecule has 1 unspecified atom stereocenters. The Morgan fingerprint density at radius 3 is 2.39 bits per heavy atom. The predicted molar refractivity (Wildman–Crippen MR) is 113 cm³/mol. The van der Waals surface area contributed by atoms with E-state index in [4.69, 9.17) is 21.1 Å². The molecule has 0 saturated carbocycles. The fourth-order valence-electron chi connectivity index (χ4n) is 3.56. The molecule has 0 bridgehead atoms. The third kappa shape index (κ3) is 3.83. The number of aliphatic hydroxyl groups excluding tert-OH is 1. The van der Waals surface area contributed by atoms with Gasteiger partial charge in [0.15, 0.2) is 0 Å². The van der Waals surface area contributed by atoms with E-state index >= 15 is 0 Å². The van der Waals surface area contributed by atoms with E-state index < -0.39 is 23.7 Å². The number of hydrogen-bond donors (Lipinski definition) is 2. The van der Waals surface area contributed by atoms with Crippen LogP contribution in [0.2, 0.25) is 5.02 Å². The number of ketones is 1. The smallest absolute Gasteiger partial charge is 0.307 e. The molecule has 1 fully saturated rings. The van der Waals surface area contributed by atoms with Crippen LogP contribution in [0.25, 0.3) is 5.76 Å². The molecule has 7 nitrogen and oxygen atoms in total. The van der Waals surface area contributed by atoms with Gasteiger partial charge in [-0.05, 0) is 42.0 Å². The highest BCUT2D eigenvalue weighted by atomic mass is 35.5. The van der Waals surface area contributed by atoms with E-state index in [1.54, 1.807) is 54.6 Å². The molecule has 1 aromatic heterocycles. The van der Waals surface area contributed by atoms with Crippen LogP contribution >= 0.6 is 11.6 Å². The summed E-state index contributed by atoms with van der Waals surface area (Å²) in [6.07, 6.45) is 1.24. The van der Waals surface area contributed by atoms with Crippen LogP contribution < -0.4 is 4.90 Å². The predicted octanol–water partition coefficient (Wildman–Crippen LogP) is 4.19. The van der Waals surface area contributed by atoms with Gasteiger partial charge >= 0.3 is 5.97 Å². The Bertz CT molecular complexity index is 1200. The number of carboxylic acid groups (broad SMARTS) is 1. The van der Waals surface area contributed by atoms with Crippen LogP contribution in [0, 0.1) is 0 Å². The Balaban J connectivity index is 1.84. The number of amides is 1. The number of carbonyl (C=O) groups is 3. The van der Waals surface area contributed by atoms with Gasteiger partial charge in [-0.1, -0.05) is 35.9 Å². The van der Waals surface area contributed by atoms with Crippen molar-refractivity contribution >= 4 is 40.7 Å². The van der Waals surface area contributed by atoms with Crippen LogP contribution in [0.15, 0.2) is 76.9 Å². The molecule has 3 aromatic rings. The molecule has 1 saturated heterocycles. The summed E-state index contributed by atoms with van der Waals surface area (Å²) in [5, 5.41) is 20.2. The van der Waals surface area contributed by atoms with E-state index in [0.717, 1.165) is 0 Å². The number of furan rings is 1. The van der Waals surface area contributed by atoms with Crippen molar-refractivity contribution in [3.05, 3.63) is 94.4 Å². The number of Topliss-reactive ketones (excluding diaryl/α,β-unsaturated/α-hetero) is 1. The monoisotopic (exact) mass is 437 g/mol. The van der Waals surface area contributed by atoms with Crippen molar-refractivity contribution in [1.29, 1.82) is 0 Å². The molecule has 1 aliphatic rings. The number of carboxylic acids is 1. The normalized spacial score (nSPS) is 17.8. The maximum atomic E-state index is 13.0. The first-order valence-electron chi connectivity index (χ1n) is 9.28. The van der Waals surface area contributed by atoms with E-state index in [0.29, 0.717) is 21.8 Å². The molecule has 1 atom stereocenters. The third-order valence-electron chi connectivity index (χ3n) is 4.93. The van der Waals surface area contributed by atoms with E-state index in [2.05, 4.69) is 0 Å². The zero-order chi connectivity index (χ0) is 22.1. The van der Waals surface area contributed by atoms with Crippen LogP contribution in [0.1, 0.15) is 22.9 Å². The zero-order valence-electron chi connectivity index (χ0n) is 16.0. The molecular formula is C23H16ClNO6. The number of aliphatic hydroxyl groups is 1. The lowest BCUT2D eigenvalue weighted by molar-refractivity contribution is -0.136. The van der Waals surface area contributed by atoms with Gasteiger partial charge < -0.3 is 14.6 Å². The number of anilines is 1. The molecule has 1 aliphatic heterocycles. The second-order valence-corrected chi connectivity index (χ2v) is 7.37. The number of rotatable bonds is 5. The maximum Gasteiger partial charge on any atom is 0.307 e. The van der Waals surface area contributed by atoms with Crippen molar-refractivity contribution in [2.24, 2.45) is 0 Å². The van der Waals surface area contributed by atoms with Crippen LogP contribution in [0.4, 0.5) is 5.69 Å². The number of nitrogens with zero attached hydrogens (tertiary/aromatic N) is 1. The summed E-state index contributed by atoms with van der Waals surface area (Å²) in [4.78, 5) is 38.0. The van der Waals surface area contributed by atoms with Gasteiger partial charge in [0.1, 0.15) is 17.6 Å². The molecule has 0 spiro atoms. The molecule has 0 aliphatic carbocycles. The summed E-state index contributed by atoms with van der Waals surface area (Å²) in [6.45, 7) is 0.